The Morgan fingerprint density at radius 3 is 2.59 bits per heavy atom. The first kappa shape index (κ1) is 10.3. The number of rotatable bonds is 1. The van der Waals surface area contributed by atoms with Crippen LogP contribution in [0, 0.1) is 0 Å². The Balaban J connectivity index is 2.20. The number of carbonyl (C=O) groups excluding carboxylic acids is 2. The first-order valence-corrected chi connectivity index (χ1v) is 5.85. The second-order valence-corrected chi connectivity index (χ2v) is 4.41. The van der Waals surface area contributed by atoms with Gasteiger partial charge in [0.25, 0.3) is 0 Å². The Labute approximate surface area is 99.7 Å². The van der Waals surface area contributed by atoms with Crippen molar-refractivity contribution >= 4 is 17.3 Å². The summed E-state index contributed by atoms with van der Waals surface area (Å²) in [5.41, 5.74) is 2.01. The molecule has 3 heteroatoms. The van der Waals surface area contributed by atoms with E-state index in [4.69, 9.17) is 0 Å². The van der Waals surface area contributed by atoms with Crippen LogP contribution in [0.2, 0.25) is 0 Å². The fraction of sp³-hybridized carbons (Fsp3) is 0.286. The number of carbonyl (C=O) groups is 2. The highest BCUT2D eigenvalue weighted by Gasteiger charge is 2.45. The molecule has 0 spiro atoms. The maximum absolute atomic E-state index is 12.0. The third-order valence-corrected chi connectivity index (χ3v) is 3.58. The normalized spacial score (nSPS) is 26.1. The average molecular weight is 227 g/mol. The second kappa shape index (κ2) is 3.55. The van der Waals surface area contributed by atoms with Gasteiger partial charge in [-0.3, -0.25) is 9.59 Å². The van der Waals surface area contributed by atoms with Crippen molar-refractivity contribution < 1.29 is 9.59 Å². The van der Waals surface area contributed by atoms with E-state index < -0.39 is 0 Å². The molecule has 0 N–H and O–H groups in total. The number of para-hydroxylation sites is 1. The van der Waals surface area contributed by atoms with Crippen molar-refractivity contribution in [3.63, 3.8) is 0 Å². The molecular weight excluding hydrogens is 214 g/mol. The molecule has 1 aromatic carbocycles. The van der Waals surface area contributed by atoms with Crippen LogP contribution in [-0.2, 0) is 9.59 Å². The summed E-state index contributed by atoms with van der Waals surface area (Å²) in [6.07, 6.45) is 2.83. The maximum atomic E-state index is 12.0. The highest BCUT2D eigenvalue weighted by molar-refractivity contribution is 6.14. The second-order valence-electron chi connectivity index (χ2n) is 4.41. The van der Waals surface area contributed by atoms with Gasteiger partial charge in [0.15, 0.2) is 11.6 Å². The van der Waals surface area contributed by atoms with Crippen LogP contribution in [0.25, 0.3) is 0 Å². The molecule has 2 unspecified atom stereocenters. The van der Waals surface area contributed by atoms with Crippen LogP contribution in [0.3, 0.4) is 0 Å². The molecule has 86 valence electrons. The third kappa shape index (κ3) is 1.28. The standard InChI is InChI=1S/C14H13NO2/c1-2-15-10-6-4-3-5-9(10)13-11(16)7-8-12(17)14(13)15/h3-8,13-14H,2H2,1H3. The van der Waals surface area contributed by atoms with Gasteiger partial charge >= 0.3 is 0 Å². The monoisotopic (exact) mass is 227 g/mol. The number of hydrogen-bond donors (Lipinski definition) is 0. The molecule has 0 bridgehead atoms. The summed E-state index contributed by atoms with van der Waals surface area (Å²) in [4.78, 5) is 26.0. The van der Waals surface area contributed by atoms with E-state index >= 15 is 0 Å². The molecule has 1 aromatic rings. The van der Waals surface area contributed by atoms with Gasteiger partial charge in [0.2, 0.25) is 0 Å². The molecule has 1 heterocycles. The summed E-state index contributed by atoms with van der Waals surface area (Å²) in [6, 6.07) is 7.48. The van der Waals surface area contributed by atoms with E-state index in [1.54, 1.807) is 0 Å². The minimum atomic E-state index is -0.324. The van der Waals surface area contributed by atoms with Gasteiger partial charge in [-0.1, -0.05) is 18.2 Å². The van der Waals surface area contributed by atoms with E-state index in [-0.39, 0.29) is 23.5 Å². The largest absolute Gasteiger partial charge is 0.360 e. The molecule has 3 rings (SSSR count). The van der Waals surface area contributed by atoms with Crippen LogP contribution in [0.5, 0.6) is 0 Å². The molecule has 0 fully saturated rings. The summed E-state index contributed by atoms with van der Waals surface area (Å²) in [7, 11) is 0. The summed E-state index contributed by atoms with van der Waals surface area (Å²) in [5, 5.41) is 0. The van der Waals surface area contributed by atoms with Crippen LogP contribution in [0.1, 0.15) is 18.4 Å². The lowest BCUT2D eigenvalue weighted by Crippen LogP contribution is -2.43. The van der Waals surface area contributed by atoms with E-state index in [1.807, 2.05) is 36.1 Å². The molecule has 0 radical (unpaired) electrons. The predicted molar refractivity (Wildman–Crippen MR) is 65.1 cm³/mol. The first-order chi connectivity index (χ1) is 8.24. The van der Waals surface area contributed by atoms with Crippen molar-refractivity contribution in [3.05, 3.63) is 42.0 Å². The van der Waals surface area contributed by atoms with Gasteiger partial charge in [0.1, 0.15) is 6.04 Å². The van der Waals surface area contributed by atoms with Gasteiger partial charge in [-0.15, -0.1) is 0 Å². The average Bonchev–Trinajstić information content (AvgIpc) is 2.69. The summed E-state index contributed by atoms with van der Waals surface area (Å²) >= 11 is 0. The van der Waals surface area contributed by atoms with Crippen LogP contribution >= 0.6 is 0 Å². The van der Waals surface area contributed by atoms with E-state index in [2.05, 4.69) is 0 Å². The van der Waals surface area contributed by atoms with E-state index in [1.165, 1.54) is 12.2 Å². The minimum absolute atomic E-state index is 0.0349. The van der Waals surface area contributed by atoms with Gasteiger partial charge < -0.3 is 4.90 Å². The van der Waals surface area contributed by atoms with Gasteiger partial charge in [-0.05, 0) is 30.7 Å². The Kier molecular flexibility index (Phi) is 2.15. The van der Waals surface area contributed by atoms with Crippen molar-refractivity contribution in [2.45, 2.75) is 18.9 Å². The highest BCUT2D eigenvalue weighted by atomic mass is 16.1. The number of hydrogen-bond acceptors (Lipinski definition) is 3. The summed E-state index contributed by atoms with van der Waals surface area (Å²) in [6.45, 7) is 2.75. The lowest BCUT2D eigenvalue weighted by atomic mass is 9.84. The van der Waals surface area contributed by atoms with E-state index in [0.29, 0.717) is 0 Å². The number of nitrogens with zero attached hydrogens (tertiary/aromatic N) is 1. The predicted octanol–water partition coefficient (Wildman–Crippen LogP) is 1.69. The highest BCUT2D eigenvalue weighted by Crippen LogP contribution is 2.43. The smallest absolute Gasteiger partial charge is 0.179 e. The topological polar surface area (TPSA) is 37.4 Å². The van der Waals surface area contributed by atoms with E-state index in [0.717, 1.165) is 17.8 Å². The number of ketones is 2. The van der Waals surface area contributed by atoms with Gasteiger partial charge in [0.05, 0.1) is 5.92 Å². The van der Waals surface area contributed by atoms with E-state index in [9.17, 15) is 9.59 Å². The maximum Gasteiger partial charge on any atom is 0.179 e. The summed E-state index contributed by atoms with van der Waals surface area (Å²) < 4.78 is 0. The Morgan fingerprint density at radius 1 is 1.12 bits per heavy atom. The molecule has 2 atom stereocenters. The Bertz CT molecular complexity index is 533. The van der Waals surface area contributed by atoms with Crippen molar-refractivity contribution in [1.29, 1.82) is 0 Å². The zero-order valence-corrected chi connectivity index (χ0v) is 9.59. The quantitative estimate of drug-likeness (QED) is 0.732. The molecule has 0 saturated heterocycles. The van der Waals surface area contributed by atoms with Gasteiger partial charge in [-0.25, -0.2) is 0 Å². The van der Waals surface area contributed by atoms with Crippen LogP contribution in [-0.4, -0.2) is 24.2 Å². The van der Waals surface area contributed by atoms with Crippen LogP contribution < -0.4 is 4.90 Å². The van der Waals surface area contributed by atoms with Crippen molar-refractivity contribution in [2.75, 3.05) is 11.4 Å². The molecule has 17 heavy (non-hydrogen) atoms. The molecule has 0 amide bonds. The number of benzene rings is 1. The third-order valence-electron chi connectivity index (χ3n) is 3.58. The van der Waals surface area contributed by atoms with Gasteiger partial charge in [-0.2, -0.15) is 0 Å². The minimum Gasteiger partial charge on any atom is -0.360 e. The van der Waals surface area contributed by atoms with Crippen molar-refractivity contribution in [3.8, 4) is 0 Å². The fourth-order valence-corrected chi connectivity index (χ4v) is 2.87. The molecule has 0 aromatic heterocycles. The molecule has 0 saturated carbocycles. The molecule has 1 aliphatic carbocycles. The Morgan fingerprint density at radius 2 is 1.82 bits per heavy atom. The number of allylic oxidation sites excluding steroid dienone is 1. The molecule has 2 aliphatic rings. The fourth-order valence-electron chi connectivity index (χ4n) is 2.87. The zero-order chi connectivity index (χ0) is 12.0. The van der Waals surface area contributed by atoms with Gasteiger partial charge in [0, 0.05) is 12.2 Å². The summed E-state index contributed by atoms with van der Waals surface area (Å²) in [5.74, 6) is -0.228. The number of fused-ring (bicyclic) bond motifs is 3. The lowest BCUT2D eigenvalue weighted by molar-refractivity contribution is -0.123. The molecular formula is C14H13NO2. The van der Waals surface area contributed by atoms with Crippen LogP contribution in [0.4, 0.5) is 5.69 Å². The van der Waals surface area contributed by atoms with Crippen molar-refractivity contribution in [2.24, 2.45) is 0 Å². The number of anilines is 1. The van der Waals surface area contributed by atoms with Crippen molar-refractivity contribution in [1.82, 2.24) is 0 Å². The zero-order valence-electron chi connectivity index (χ0n) is 9.59. The molecule has 1 aliphatic heterocycles. The lowest BCUT2D eigenvalue weighted by Gasteiger charge is -2.28. The first-order valence-electron chi connectivity index (χ1n) is 5.85. The number of likely N-dealkylation sites (N-methyl/N-ethyl adjacent to an activating group) is 1. The Hall–Kier alpha value is -1.90. The van der Waals surface area contributed by atoms with Crippen LogP contribution in [0.15, 0.2) is 36.4 Å². The SMILES string of the molecule is CCN1c2ccccc2C2C(=O)C=CC(=O)C21. The molecule has 3 nitrogen and oxygen atoms in total.